The highest BCUT2D eigenvalue weighted by Gasteiger charge is 2.24. The quantitative estimate of drug-likeness (QED) is 0.594. The lowest BCUT2D eigenvalue weighted by Crippen LogP contribution is -2.43. The average Bonchev–Trinajstić information content (AvgIpc) is 2.38. The average molecular weight is 330 g/mol. The van der Waals surface area contributed by atoms with E-state index in [9.17, 15) is 9.90 Å². The van der Waals surface area contributed by atoms with Gasteiger partial charge in [0.25, 0.3) is 0 Å². The molecule has 0 spiro atoms. The molecule has 5 heteroatoms. The van der Waals surface area contributed by atoms with Gasteiger partial charge in [0.2, 0.25) is 0 Å². The van der Waals surface area contributed by atoms with Gasteiger partial charge in [0.05, 0.1) is 0 Å². The van der Waals surface area contributed by atoms with E-state index in [0.717, 1.165) is 24.9 Å². The Bertz CT molecular complexity index is 440. The highest BCUT2D eigenvalue weighted by atomic mass is 35.5. The van der Waals surface area contributed by atoms with Crippen molar-refractivity contribution in [1.29, 1.82) is 0 Å². The van der Waals surface area contributed by atoms with Gasteiger partial charge < -0.3 is 15.2 Å². The van der Waals surface area contributed by atoms with Crippen molar-refractivity contribution in [3.63, 3.8) is 0 Å². The number of ether oxygens (including phenoxy) is 1. The van der Waals surface area contributed by atoms with Crippen molar-refractivity contribution in [1.82, 2.24) is 5.32 Å². The maximum Gasteiger partial charge on any atom is 0.323 e. The summed E-state index contributed by atoms with van der Waals surface area (Å²) in [5, 5.41) is 12.6. The first-order chi connectivity index (χ1) is 9.81. The zero-order valence-electron chi connectivity index (χ0n) is 13.9. The number of carbonyl (C=O) groups is 1. The van der Waals surface area contributed by atoms with Crippen LogP contribution in [0.15, 0.2) is 24.3 Å². The van der Waals surface area contributed by atoms with E-state index in [0.29, 0.717) is 6.42 Å². The number of esters is 1. The molecule has 126 valence electrons. The molecule has 0 aliphatic rings. The second-order valence-corrected chi connectivity index (χ2v) is 6.26. The van der Waals surface area contributed by atoms with Crippen LogP contribution < -0.4 is 5.32 Å². The maximum atomic E-state index is 12.3. The van der Waals surface area contributed by atoms with E-state index < -0.39 is 5.60 Å². The van der Waals surface area contributed by atoms with Crippen LogP contribution in [-0.2, 0) is 16.0 Å². The summed E-state index contributed by atoms with van der Waals surface area (Å²) in [5.41, 5.74) is 0.504. The van der Waals surface area contributed by atoms with Gasteiger partial charge in [-0.25, -0.2) is 0 Å². The molecule has 0 heterocycles. The Morgan fingerprint density at radius 3 is 2.36 bits per heavy atom. The Kier molecular flexibility index (Phi) is 9.14. The molecule has 2 N–H and O–H groups in total. The van der Waals surface area contributed by atoms with Crippen molar-refractivity contribution in [3.8, 4) is 5.75 Å². The van der Waals surface area contributed by atoms with Crippen LogP contribution in [0.2, 0.25) is 0 Å². The van der Waals surface area contributed by atoms with Crippen molar-refractivity contribution in [2.75, 3.05) is 6.54 Å². The number of nitrogens with one attached hydrogen (secondary N) is 1. The van der Waals surface area contributed by atoms with Gasteiger partial charge in [-0.15, -0.1) is 12.4 Å². The van der Waals surface area contributed by atoms with Crippen LogP contribution in [0.5, 0.6) is 5.75 Å². The van der Waals surface area contributed by atoms with Crippen molar-refractivity contribution in [3.05, 3.63) is 29.8 Å². The zero-order valence-corrected chi connectivity index (χ0v) is 14.7. The van der Waals surface area contributed by atoms with E-state index in [2.05, 4.69) is 12.2 Å². The maximum absolute atomic E-state index is 12.3. The Balaban J connectivity index is 0.00000441. The molecular formula is C17H28ClNO3. The van der Waals surface area contributed by atoms with Gasteiger partial charge in [-0.1, -0.05) is 25.5 Å². The molecule has 0 radical (unpaired) electrons. The van der Waals surface area contributed by atoms with Gasteiger partial charge in [0.15, 0.2) is 0 Å². The molecule has 0 saturated heterocycles. The molecule has 0 aliphatic heterocycles. The molecule has 0 bridgehead atoms. The predicted molar refractivity (Wildman–Crippen MR) is 91.6 cm³/mol. The summed E-state index contributed by atoms with van der Waals surface area (Å²) in [6.45, 7) is 8.51. The fourth-order valence-corrected chi connectivity index (χ4v) is 1.93. The van der Waals surface area contributed by atoms with Crippen LogP contribution in [0.1, 0.15) is 46.1 Å². The zero-order chi connectivity index (χ0) is 15.9. The van der Waals surface area contributed by atoms with E-state index in [1.165, 1.54) is 0 Å². The van der Waals surface area contributed by atoms with Gasteiger partial charge >= 0.3 is 5.97 Å². The molecular weight excluding hydrogens is 302 g/mol. The fourth-order valence-electron chi connectivity index (χ4n) is 1.93. The molecule has 1 aromatic rings. The Morgan fingerprint density at radius 1 is 1.27 bits per heavy atom. The minimum atomic E-state index is -0.489. The Labute approximate surface area is 139 Å². The van der Waals surface area contributed by atoms with E-state index in [-0.39, 0.29) is 30.2 Å². The number of hydrogen-bond acceptors (Lipinski definition) is 4. The van der Waals surface area contributed by atoms with E-state index in [1.807, 2.05) is 32.9 Å². The fraction of sp³-hybridized carbons (Fsp3) is 0.588. The molecule has 1 aromatic carbocycles. The lowest BCUT2D eigenvalue weighted by atomic mass is 10.0. The standard InChI is InChI=1S/C17H27NO3.ClH/c1-5-6-11-18-15(16(20)21-17(2,3)4)12-13-7-9-14(19)10-8-13;/h7-10,15,18-19H,5-6,11-12H2,1-4H3;1H/t15-;/m0./s1. The summed E-state index contributed by atoms with van der Waals surface area (Å²) in [6.07, 6.45) is 2.65. The molecule has 0 fully saturated rings. The summed E-state index contributed by atoms with van der Waals surface area (Å²) in [7, 11) is 0. The van der Waals surface area contributed by atoms with Gasteiger partial charge in [0.1, 0.15) is 17.4 Å². The minimum Gasteiger partial charge on any atom is -0.508 e. The van der Waals surface area contributed by atoms with Gasteiger partial charge in [0, 0.05) is 0 Å². The molecule has 0 unspecified atom stereocenters. The normalized spacial score (nSPS) is 12.4. The molecule has 0 aliphatic carbocycles. The number of phenols is 1. The van der Waals surface area contributed by atoms with E-state index in [1.54, 1.807) is 12.1 Å². The predicted octanol–water partition coefficient (Wildman–Crippen LogP) is 3.46. The number of halogens is 1. The van der Waals surface area contributed by atoms with Crippen molar-refractivity contribution in [2.24, 2.45) is 0 Å². The lowest BCUT2D eigenvalue weighted by Gasteiger charge is -2.24. The van der Waals surface area contributed by atoms with Gasteiger partial charge in [-0.2, -0.15) is 0 Å². The smallest absolute Gasteiger partial charge is 0.323 e. The molecule has 0 amide bonds. The number of benzene rings is 1. The van der Waals surface area contributed by atoms with Crippen LogP contribution in [0.3, 0.4) is 0 Å². The highest BCUT2D eigenvalue weighted by molar-refractivity contribution is 5.85. The summed E-state index contributed by atoms with van der Waals surface area (Å²) in [4.78, 5) is 12.3. The monoisotopic (exact) mass is 329 g/mol. The number of hydrogen-bond donors (Lipinski definition) is 2. The van der Waals surface area contributed by atoms with Crippen LogP contribution >= 0.6 is 12.4 Å². The first kappa shape index (κ1) is 20.7. The number of carbonyl (C=O) groups excluding carboxylic acids is 1. The van der Waals surface area contributed by atoms with E-state index in [4.69, 9.17) is 4.74 Å². The largest absolute Gasteiger partial charge is 0.508 e. The molecule has 0 aromatic heterocycles. The minimum absolute atomic E-state index is 0. The van der Waals surface area contributed by atoms with Crippen molar-refractivity contribution < 1.29 is 14.6 Å². The number of phenolic OH excluding ortho intramolecular Hbond substituents is 1. The SMILES string of the molecule is CCCCN[C@@H](Cc1ccc(O)cc1)C(=O)OC(C)(C)C.Cl. The second kappa shape index (κ2) is 9.70. The first-order valence-corrected chi connectivity index (χ1v) is 7.56. The lowest BCUT2D eigenvalue weighted by molar-refractivity contribution is -0.157. The van der Waals surface area contributed by atoms with Gasteiger partial charge in [-0.3, -0.25) is 4.79 Å². The van der Waals surface area contributed by atoms with Gasteiger partial charge in [-0.05, 0) is 57.9 Å². The molecule has 1 atom stereocenters. The Hall–Kier alpha value is -1.26. The summed E-state index contributed by atoms with van der Waals surface area (Å²) in [6, 6.07) is 6.56. The number of aromatic hydroxyl groups is 1. The van der Waals surface area contributed by atoms with Crippen LogP contribution in [0.4, 0.5) is 0 Å². The third-order valence-electron chi connectivity index (χ3n) is 2.99. The third kappa shape index (κ3) is 8.25. The summed E-state index contributed by atoms with van der Waals surface area (Å²) in [5.74, 6) is -0.00168. The first-order valence-electron chi connectivity index (χ1n) is 7.56. The van der Waals surface area contributed by atoms with Crippen LogP contribution in [0, 0.1) is 0 Å². The second-order valence-electron chi connectivity index (χ2n) is 6.26. The van der Waals surface area contributed by atoms with Crippen molar-refractivity contribution in [2.45, 2.75) is 58.6 Å². The van der Waals surface area contributed by atoms with E-state index >= 15 is 0 Å². The molecule has 0 saturated carbocycles. The summed E-state index contributed by atoms with van der Waals surface area (Å²) < 4.78 is 5.48. The number of rotatable bonds is 7. The molecule has 1 rings (SSSR count). The third-order valence-corrected chi connectivity index (χ3v) is 2.99. The highest BCUT2D eigenvalue weighted by Crippen LogP contribution is 2.14. The molecule has 4 nitrogen and oxygen atoms in total. The number of unbranched alkanes of at least 4 members (excludes halogenated alkanes) is 1. The molecule has 22 heavy (non-hydrogen) atoms. The summed E-state index contributed by atoms with van der Waals surface area (Å²) >= 11 is 0. The van der Waals surface area contributed by atoms with Crippen molar-refractivity contribution >= 4 is 18.4 Å². The van der Waals surface area contributed by atoms with Crippen LogP contribution in [0.25, 0.3) is 0 Å². The Morgan fingerprint density at radius 2 is 1.86 bits per heavy atom. The van der Waals surface area contributed by atoms with Crippen LogP contribution in [-0.4, -0.2) is 29.3 Å². The topological polar surface area (TPSA) is 58.6 Å².